The molecule has 1 aliphatic rings. The first-order valence-corrected chi connectivity index (χ1v) is 16.0. The van der Waals surface area contributed by atoms with Gasteiger partial charge >= 0.3 is 0 Å². The Morgan fingerprint density at radius 3 is 2.41 bits per heavy atom. The largest absolute Gasteiger partial charge is 0.495 e. The van der Waals surface area contributed by atoms with Gasteiger partial charge in [0.2, 0.25) is 11.8 Å². The molecule has 11 nitrogen and oxygen atoms in total. The van der Waals surface area contributed by atoms with E-state index in [1.165, 1.54) is 49.3 Å². The predicted octanol–water partition coefficient (Wildman–Crippen LogP) is 5.24. The van der Waals surface area contributed by atoms with E-state index in [1.54, 1.807) is 19.1 Å². The number of nitro benzene ring substituents is 1. The predicted molar refractivity (Wildman–Crippen MR) is 167 cm³/mol. The molecule has 0 bridgehead atoms. The van der Waals surface area contributed by atoms with Crippen molar-refractivity contribution in [1.29, 1.82) is 0 Å². The summed E-state index contributed by atoms with van der Waals surface area (Å²) in [6.07, 6.45) is 3.73. The average molecular weight is 643 g/mol. The summed E-state index contributed by atoms with van der Waals surface area (Å²) in [5.41, 5.74) is 0.580. The van der Waals surface area contributed by atoms with Gasteiger partial charge in [0.05, 0.1) is 22.6 Å². The van der Waals surface area contributed by atoms with Crippen molar-refractivity contribution in [3.63, 3.8) is 0 Å². The van der Waals surface area contributed by atoms with Crippen LogP contribution in [0.3, 0.4) is 0 Å². The summed E-state index contributed by atoms with van der Waals surface area (Å²) in [5.74, 6) is -0.908. The molecule has 13 heteroatoms. The molecule has 0 saturated heterocycles. The Hall–Kier alpha value is -4.16. The Morgan fingerprint density at radius 1 is 1.09 bits per heavy atom. The number of carbonyl (C=O) groups is 2. The lowest BCUT2D eigenvalue weighted by Gasteiger charge is -2.33. The molecule has 3 aromatic rings. The standard InChI is InChI=1S/C31H35ClN4O7S/c1-21-13-15-26(18-27(21)36(39)40)44(41,42)35(28-17-24(32)14-16-29(28)43-3)20-30(37)34(19-23-9-5-4-6-10-23)22(2)31(38)33-25-11-7-8-12-25/h4-6,9-10,13-18,22,25H,7-8,11-12,19-20H2,1-3H3,(H,33,38)/t22-/m1/s1. The SMILES string of the molecule is COc1ccc(Cl)cc1N(CC(=O)N(Cc1ccccc1)[C@H](C)C(=O)NC1CCCC1)S(=O)(=O)c1ccc(C)c([N+](=O)[O-])c1. The molecule has 1 saturated carbocycles. The number of sulfonamides is 1. The molecule has 3 aromatic carbocycles. The average Bonchev–Trinajstić information content (AvgIpc) is 3.51. The number of nitro groups is 1. The van der Waals surface area contributed by atoms with Crippen LogP contribution < -0.4 is 14.4 Å². The van der Waals surface area contributed by atoms with Crippen LogP contribution in [0.2, 0.25) is 5.02 Å². The van der Waals surface area contributed by atoms with Gasteiger partial charge in [0, 0.05) is 29.2 Å². The molecule has 2 amide bonds. The first-order valence-electron chi connectivity index (χ1n) is 14.2. The van der Waals surface area contributed by atoms with Crippen molar-refractivity contribution in [1.82, 2.24) is 10.2 Å². The summed E-state index contributed by atoms with van der Waals surface area (Å²) in [4.78, 5) is 39.4. The Balaban J connectivity index is 1.77. The maximum Gasteiger partial charge on any atom is 0.273 e. The molecular weight excluding hydrogens is 608 g/mol. The number of methoxy groups -OCH3 is 1. The second kappa shape index (κ2) is 14.1. The second-order valence-corrected chi connectivity index (χ2v) is 13.0. The number of aryl methyl sites for hydroxylation is 1. The van der Waals surface area contributed by atoms with E-state index in [0.717, 1.165) is 41.6 Å². The summed E-state index contributed by atoms with van der Waals surface area (Å²) < 4.78 is 34.6. The maximum atomic E-state index is 14.2. The zero-order valence-corrected chi connectivity index (χ0v) is 26.3. The number of rotatable bonds is 12. The van der Waals surface area contributed by atoms with Gasteiger partial charge in [-0.05, 0) is 56.5 Å². The van der Waals surface area contributed by atoms with Crippen LogP contribution in [-0.4, -0.2) is 55.8 Å². The van der Waals surface area contributed by atoms with Crippen LogP contribution in [0.25, 0.3) is 0 Å². The topological polar surface area (TPSA) is 139 Å². The Morgan fingerprint density at radius 2 is 1.77 bits per heavy atom. The second-order valence-electron chi connectivity index (χ2n) is 10.7. The fourth-order valence-corrected chi connectivity index (χ4v) is 6.80. The lowest BCUT2D eigenvalue weighted by Crippen LogP contribution is -2.52. The van der Waals surface area contributed by atoms with Gasteiger partial charge in [-0.2, -0.15) is 0 Å². The minimum absolute atomic E-state index is 0.0172. The zero-order valence-electron chi connectivity index (χ0n) is 24.7. The number of benzene rings is 3. The van der Waals surface area contributed by atoms with Gasteiger partial charge in [-0.1, -0.05) is 60.8 Å². The highest BCUT2D eigenvalue weighted by Gasteiger charge is 2.35. The number of hydrogen-bond donors (Lipinski definition) is 1. The van der Waals surface area contributed by atoms with Gasteiger partial charge in [-0.3, -0.25) is 24.0 Å². The number of amides is 2. The highest BCUT2D eigenvalue weighted by atomic mass is 35.5. The van der Waals surface area contributed by atoms with Crippen LogP contribution in [-0.2, 0) is 26.2 Å². The number of nitrogens with one attached hydrogen (secondary N) is 1. The highest BCUT2D eigenvalue weighted by Crippen LogP contribution is 2.36. The molecule has 0 heterocycles. The van der Waals surface area contributed by atoms with Gasteiger partial charge in [0.15, 0.2) is 0 Å². The molecule has 0 unspecified atom stereocenters. The van der Waals surface area contributed by atoms with E-state index in [0.29, 0.717) is 0 Å². The van der Waals surface area contributed by atoms with E-state index in [9.17, 15) is 28.1 Å². The summed E-state index contributed by atoms with van der Waals surface area (Å²) >= 11 is 6.27. The van der Waals surface area contributed by atoms with Crippen LogP contribution in [0.15, 0.2) is 71.6 Å². The van der Waals surface area contributed by atoms with E-state index in [4.69, 9.17) is 16.3 Å². The lowest BCUT2D eigenvalue weighted by atomic mass is 10.1. The molecule has 1 fully saturated rings. The van der Waals surface area contributed by atoms with Crippen LogP contribution >= 0.6 is 11.6 Å². The van der Waals surface area contributed by atoms with Gasteiger partial charge in [-0.15, -0.1) is 0 Å². The van der Waals surface area contributed by atoms with Crippen molar-refractivity contribution in [2.75, 3.05) is 18.0 Å². The van der Waals surface area contributed by atoms with E-state index in [2.05, 4.69) is 5.32 Å². The number of nitrogens with zero attached hydrogens (tertiary/aromatic N) is 3. The van der Waals surface area contributed by atoms with Crippen LogP contribution in [0.4, 0.5) is 11.4 Å². The Labute approximate surface area is 262 Å². The molecule has 44 heavy (non-hydrogen) atoms. The van der Waals surface area contributed by atoms with Crippen molar-refractivity contribution >= 4 is 44.8 Å². The van der Waals surface area contributed by atoms with Crippen molar-refractivity contribution < 1.29 is 27.7 Å². The highest BCUT2D eigenvalue weighted by molar-refractivity contribution is 7.92. The smallest absolute Gasteiger partial charge is 0.273 e. The molecule has 0 spiro atoms. The third kappa shape index (κ3) is 7.48. The minimum atomic E-state index is -4.60. The molecular formula is C31H35ClN4O7S. The van der Waals surface area contributed by atoms with Crippen molar-refractivity contribution in [2.45, 2.75) is 63.1 Å². The van der Waals surface area contributed by atoms with Gasteiger partial charge in [0.1, 0.15) is 18.3 Å². The van der Waals surface area contributed by atoms with E-state index < -0.39 is 44.0 Å². The number of halogens is 1. The Kier molecular flexibility index (Phi) is 10.5. The number of anilines is 1. The first-order chi connectivity index (χ1) is 20.9. The van der Waals surface area contributed by atoms with E-state index in [1.807, 2.05) is 18.2 Å². The fraction of sp³-hybridized carbons (Fsp3) is 0.355. The normalized spacial score (nSPS) is 14.1. The van der Waals surface area contributed by atoms with E-state index >= 15 is 0 Å². The lowest BCUT2D eigenvalue weighted by molar-refractivity contribution is -0.385. The Bertz CT molecular complexity index is 1630. The third-order valence-electron chi connectivity index (χ3n) is 7.72. The van der Waals surface area contributed by atoms with Crippen LogP contribution in [0.1, 0.15) is 43.7 Å². The summed E-state index contributed by atoms with van der Waals surface area (Å²) in [6.45, 7) is 2.40. The van der Waals surface area contributed by atoms with E-state index in [-0.39, 0.29) is 40.5 Å². The quantitative estimate of drug-likeness (QED) is 0.211. The molecule has 0 aliphatic heterocycles. The van der Waals surface area contributed by atoms with Crippen molar-refractivity contribution in [2.24, 2.45) is 0 Å². The van der Waals surface area contributed by atoms with Gasteiger partial charge in [0.25, 0.3) is 15.7 Å². The van der Waals surface area contributed by atoms with Crippen LogP contribution in [0, 0.1) is 17.0 Å². The molecule has 234 valence electrons. The molecule has 4 rings (SSSR count). The van der Waals surface area contributed by atoms with Crippen LogP contribution in [0.5, 0.6) is 5.75 Å². The minimum Gasteiger partial charge on any atom is -0.495 e. The summed E-state index contributed by atoms with van der Waals surface area (Å²) in [6, 6.07) is 16.0. The molecule has 0 radical (unpaired) electrons. The monoisotopic (exact) mass is 642 g/mol. The molecule has 1 atom stereocenters. The van der Waals surface area contributed by atoms with Crippen molar-refractivity contribution in [3.05, 3.63) is 93.0 Å². The van der Waals surface area contributed by atoms with Gasteiger partial charge in [-0.25, -0.2) is 8.42 Å². The molecule has 1 aliphatic carbocycles. The third-order valence-corrected chi connectivity index (χ3v) is 9.71. The number of ether oxygens (including phenoxy) is 1. The number of carbonyl (C=O) groups excluding carboxylic acids is 2. The fourth-order valence-electron chi connectivity index (χ4n) is 5.20. The summed E-state index contributed by atoms with van der Waals surface area (Å²) in [5, 5.41) is 14.8. The summed E-state index contributed by atoms with van der Waals surface area (Å²) in [7, 11) is -3.26. The van der Waals surface area contributed by atoms with Gasteiger partial charge < -0.3 is 15.0 Å². The zero-order chi connectivity index (χ0) is 32.0. The molecule has 1 N–H and O–H groups in total. The number of hydrogen-bond acceptors (Lipinski definition) is 7. The van der Waals surface area contributed by atoms with Crippen molar-refractivity contribution in [3.8, 4) is 5.75 Å². The first kappa shape index (κ1) is 32.7. The molecule has 0 aromatic heterocycles. The maximum absolute atomic E-state index is 14.2.